The SMILES string of the molecule is CC(C)COC1CC(C)CCC1C(C)C. The van der Waals surface area contributed by atoms with E-state index in [1.54, 1.807) is 0 Å². The third-order valence-electron chi connectivity index (χ3n) is 3.60. The van der Waals surface area contributed by atoms with Gasteiger partial charge in [0.25, 0.3) is 0 Å². The summed E-state index contributed by atoms with van der Waals surface area (Å²) in [5, 5.41) is 0. The first-order valence-corrected chi connectivity index (χ1v) is 6.62. The fourth-order valence-corrected chi connectivity index (χ4v) is 2.62. The minimum absolute atomic E-state index is 0.524. The van der Waals surface area contributed by atoms with Crippen LogP contribution in [-0.4, -0.2) is 12.7 Å². The number of hydrogen-bond acceptors (Lipinski definition) is 1. The van der Waals surface area contributed by atoms with E-state index in [1.165, 1.54) is 19.3 Å². The van der Waals surface area contributed by atoms with E-state index in [-0.39, 0.29) is 0 Å². The van der Waals surface area contributed by atoms with E-state index < -0.39 is 0 Å². The fraction of sp³-hybridized carbons (Fsp3) is 1.00. The molecule has 0 amide bonds. The summed E-state index contributed by atoms with van der Waals surface area (Å²) in [6, 6.07) is 0. The Kier molecular flexibility index (Phi) is 5.11. The second-order valence-electron chi connectivity index (χ2n) is 6.09. The minimum atomic E-state index is 0.524. The third-order valence-corrected chi connectivity index (χ3v) is 3.60. The Balaban J connectivity index is 2.46. The zero-order valence-electron chi connectivity index (χ0n) is 11.1. The Hall–Kier alpha value is -0.0400. The summed E-state index contributed by atoms with van der Waals surface area (Å²) in [4.78, 5) is 0. The molecule has 0 saturated heterocycles. The maximum atomic E-state index is 6.09. The predicted octanol–water partition coefficient (Wildman–Crippen LogP) is 4.12. The Labute approximate surface area is 95.6 Å². The van der Waals surface area contributed by atoms with E-state index in [4.69, 9.17) is 4.74 Å². The van der Waals surface area contributed by atoms with Crippen molar-refractivity contribution in [3.63, 3.8) is 0 Å². The van der Waals surface area contributed by atoms with Crippen LogP contribution in [-0.2, 0) is 4.74 Å². The van der Waals surface area contributed by atoms with Gasteiger partial charge in [0, 0.05) is 6.61 Å². The molecule has 0 aromatic heterocycles. The summed E-state index contributed by atoms with van der Waals surface area (Å²) in [6.07, 6.45) is 4.55. The van der Waals surface area contributed by atoms with Crippen LogP contribution >= 0.6 is 0 Å². The highest BCUT2D eigenvalue weighted by Gasteiger charge is 2.31. The monoisotopic (exact) mass is 212 g/mol. The van der Waals surface area contributed by atoms with Gasteiger partial charge in [0.15, 0.2) is 0 Å². The van der Waals surface area contributed by atoms with Crippen molar-refractivity contribution in [3.05, 3.63) is 0 Å². The van der Waals surface area contributed by atoms with Gasteiger partial charge in [-0.05, 0) is 36.5 Å². The largest absolute Gasteiger partial charge is 0.378 e. The Bertz CT molecular complexity index is 174. The van der Waals surface area contributed by atoms with Gasteiger partial charge in [-0.15, -0.1) is 0 Å². The maximum absolute atomic E-state index is 6.09. The van der Waals surface area contributed by atoms with Crippen LogP contribution in [0.5, 0.6) is 0 Å². The summed E-state index contributed by atoms with van der Waals surface area (Å²) in [5.41, 5.74) is 0. The molecule has 0 aliphatic heterocycles. The first kappa shape index (κ1) is 13.0. The molecule has 0 aromatic carbocycles. The van der Waals surface area contributed by atoms with Gasteiger partial charge >= 0.3 is 0 Å². The van der Waals surface area contributed by atoms with Crippen LogP contribution < -0.4 is 0 Å². The summed E-state index contributed by atoms with van der Waals surface area (Å²) >= 11 is 0. The molecule has 0 spiro atoms. The number of hydrogen-bond donors (Lipinski definition) is 0. The molecule has 1 saturated carbocycles. The van der Waals surface area contributed by atoms with Crippen LogP contribution in [0.15, 0.2) is 0 Å². The van der Waals surface area contributed by atoms with Crippen molar-refractivity contribution in [1.29, 1.82) is 0 Å². The van der Waals surface area contributed by atoms with Crippen LogP contribution in [0, 0.1) is 23.7 Å². The number of rotatable bonds is 4. The molecule has 0 N–H and O–H groups in total. The number of ether oxygens (including phenoxy) is 1. The molecule has 0 bridgehead atoms. The van der Waals surface area contributed by atoms with Crippen molar-refractivity contribution in [2.24, 2.45) is 23.7 Å². The van der Waals surface area contributed by atoms with Gasteiger partial charge in [-0.2, -0.15) is 0 Å². The summed E-state index contributed by atoms with van der Waals surface area (Å²) < 4.78 is 6.09. The topological polar surface area (TPSA) is 9.23 Å². The standard InChI is InChI=1S/C14H28O/c1-10(2)9-15-14-8-12(5)6-7-13(14)11(3)4/h10-14H,6-9H2,1-5H3. The van der Waals surface area contributed by atoms with Crippen LogP contribution in [0.4, 0.5) is 0 Å². The van der Waals surface area contributed by atoms with Crippen molar-refractivity contribution in [3.8, 4) is 0 Å². The molecule has 1 nitrogen and oxygen atoms in total. The zero-order valence-corrected chi connectivity index (χ0v) is 11.1. The van der Waals surface area contributed by atoms with Gasteiger partial charge in [0.2, 0.25) is 0 Å². The lowest BCUT2D eigenvalue weighted by molar-refractivity contribution is -0.0476. The molecular formula is C14H28O. The molecule has 1 aliphatic carbocycles. The highest BCUT2D eigenvalue weighted by Crippen LogP contribution is 2.35. The normalized spacial score (nSPS) is 32.6. The maximum Gasteiger partial charge on any atom is 0.0608 e. The highest BCUT2D eigenvalue weighted by molar-refractivity contribution is 4.81. The van der Waals surface area contributed by atoms with Gasteiger partial charge in [0.1, 0.15) is 0 Å². The average Bonchev–Trinajstić information content (AvgIpc) is 2.14. The van der Waals surface area contributed by atoms with E-state index in [9.17, 15) is 0 Å². The van der Waals surface area contributed by atoms with Crippen molar-refractivity contribution >= 4 is 0 Å². The second kappa shape index (κ2) is 5.89. The summed E-state index contributed by atoms with van der Waals surface area (Å²) in [6.45, 7) is 12.4. The van der Waals surface area contributed by atoms with Gasteiger partial charge in [-0.3, -0.25) is 0 Å². The zero-order chi connectivity index (χ0) is 11.4. The van der Waals surface area contributed by atoms with Crippen molar-refractivity contribution in [2.75, 3.05) is 6.61 Å². The van der Waals surface area contributed by atoms with Gasteiger partial charge in [0.05, 0.1) is 6.10 Å². The summed E-state index contributed by atoms with van der Waals surface area (Å²) in [5.74, 6) is 3.09. The predicted molar refractivity (Wildman–Crippen MR) is 65.9 cm³/mol. The molecule has 90 valence electrons. The molecule has 15 heavy (non-hydrogen) atoms. The van der Waals surface area contributed by atoms with E-state index in [0.29, 0.717) is 12.0 Å². The Morgan fingerprint density at radius 1 is 1.13 bits per heavy atom. The van der Waals surface area contributed by atoms with E-state index in [2.05, 4.69) is 34.6 Å². The Morgan fingerprint density at radius 3 is 2.33 bits per heavy atom. The van der Waals surface area contributed by atoms with Crippen molar-refractivity contribution < 1.29 is 4.74 Å². The smallest absolute Gasteiger partial charge is 0.0608 e. The van der Waals surface area contributed by atoms with Crippen LogP contribution in [0.1, 0.15) is 53.9 Å². The first-order chi connectivity index (χ1) is 7.00. The molecule has 1 rings (SSSR count). The van der Waals surface area contributed by atoms with Crippen LogP contribution in [0.3, 0.4) is 0 Å². The van der Waals surface area contributed by atoms with E-state index in [1.807, 2.05) is 0 Å². The van der Waals surface area contributed by atoms with Crippen LogP contribution in [0.2, 0.25) is 0 Å². The van der Waals surface area contributed by atoms with Crippen LogP contribution in [0.25, 0.3) is 0 Å². The third kappa shape index (κ3) is 4.14. The lowest BCUT2D eigenvalue weighted by Crippen LogP contribution is -2.35. The van der Waals surface area contributed by atoms with Crippen molar-refractivity contribution in [2.45, 2.75) is 60.0 Å². The molecule has 3 atom stereocenters. The van der Waals surface area contributed by atoms with Crippen molar-refractivity contribution in [1.82, 2.24) is 0 Å². The molecule has 0 aromatic rings. The highest BCUT2D eigenvalue weighted by atomic mass is 16.5. The molecule has 0 heterocycles. The molecule has 1 aliphatic rings. The van der Waals surface area contributed by atoms with E-state index in [0.717, 1.165) is 24.4 Å². The Morgan fingerprint density at radius 2 is 1.80 bits per heavy atom. The molecule has 1 fully saturated rings. The average molecular weight is 212 g/mol. The molecule has 1 heteroatoms. The minimum Gasteiger partial charge on any atom is -0.378 e. The fourth-order valence-electron chi connectivity index (χ4n) is 2.62. The first-order valence-electron chi connectivity index (χ1n) is 6.62. The van der Waals surface area contributed by atoms with Gasteiger partial charge in [-0.25, -0.2) is 0 Å². The molecular weight excluding hydrogens is 184 g/mol. The lowest BCUT2D eigenvalue weighted by Gasteiger charge is -2.37. The molecule has 3 unspecified atom stereocenters. The second-order valence-corrected chi connectivity index (χ2v) is 6.09. The molecule has 0 radical (unpaired) electrons. The van der Waals surface area contributed by atoms with Gasteiger partial charge in [-0.1, -0.05) is 41.0 Å². The quantitative estimate of drug-likeness (QED) is 0.681. The lowest BCUT2D eigenvalue weighted by atomic mass is 9.75. The van der Waals surface area contributed by atoms with E-state index >= 15 is 0 Å². The summed E-state index contributed by atoms with van der Waals surface area (Å²) in [7, 11) is 0. The van der Waals surface area contributed by atoms with Gasteiger partial charge < -0.3 is 4.74 Å².